The molecular formula is C34H34O12. The zero-order chi connectivity index (χ0) is 34.0. The molecule has 0 heterocycles. The lowest BCUT2D eigenvalue weighted by molar-refractivity contribution is -0.112. The summed E-state index contributed by atoms with van der Waals surface area (Å²) < 4.78 is 32.9. The van der Waals surface area contributed by atoms with Crippen LogP contribution in [-0.2, 0) is 19.1 Å². The standard InChI is InChI=1S/C34H34O12/c1-9-11-15-13-17-19(29(41-3)23(33(39)45-7)31(43-5)21(17)27(37)25(15)35)20-18-14-16(12-10-2)26(36)28(38)22(18)32(44-6)24(30(20)42-4)34(40)46-8/h13-14H,9-12H2,1-8H3. The molecular weight excluding hydrogens is 600 g/mol. The van der Waals surface area contributed by atoms with Crippen molar-refractivity contribution in [3.05, 3.63) is 44.5 Å². The van der Waals surface area contributed by atoms with Gasteiger partial charge in [0.2, 0.25) is 23.1 Å². The monoisotopic (exact) mass is 634 g/mol. The number of hydrogen-bond acceptors (Lipinski definition) is 12. The van der Waals surface area contributed by atoms with E-state index in [4.69, 9.17) is 28.4 Å². The Bertz CT molecular complexity index is 1640. The van der Waals surface area contributed by atoms with Crippen molar-refractivity contribution in [2.24, 2.45) is 0 Å². The van der Waals surface area contributed by atoms with E-state index in [-0.39, 0.29) is 91.5 Å². The third kappa shape index (κ3) is 5.03. The second-order valence-electron chi connectivity index (χ2n) is 10.3. The summed E-state index contributed by atoms with van der Waals surface area (Å²) in [7, 11) is 7.20. The summed E-state index contributed by atoms with van der Waals surface area (Å²) in [6.07, 6.45) is 4.51. The van der Waals surface area contributed by atoms with Crippen molar-refractivity contribution in [2.75, 3.05) is 42.7 Å². The van der Waals surface area contributed by atoms with Crippen LogP contribution in [-0.4, -0.2) is 77.7 Å². The van der Waals surface area contributed by atoms with Crippen LogP contribution in [0.4, 0.5) is 0 Å². The second kappa shape index (κ2) is 13.4. The molecule has 2 aromatic carbocycles. The number of benzene rings is 2. The fourth-order valence-electron chi connectivity index (χ4n) is 5.98. The van der Waals surface area contributed by atoms with Crippen LogP contribution < -0.4 is 18.9 Å². The number of esters is 2. The van der Waals surface area contributed by atoms with Gasteiger partial charge < -0.3 is 28.4 Å². The van der Waals surface area contributed by atoms with Gasteiger partial charge in [-0.1, -0.05) is 26.7 Å². The van der Waals surface area contributed by atoms with Gasteiger partial charge in [0.05, 0.1) is 53.8 Å². The summed E-state index contributed by atoms with van der Waals surface area (Å²) in [5.74, 6) is -6.29. The summed E-state index contributed by atoms with van der Waals surface area (Å²) in [6.45, 7) is 3.68. The molecule has 12 nitrogen and oxygen atoms in total. The van der Waals surface area contributed by atoms with Crippen LogP contribution in [0.25, 0.3) is 23.3 Å². The molecule has 0 N–H and O–H groups in total. The van der Waals surface area contributed by atoms with Crippen LogP contribution in [0.3, 0.4) is 0 Å². The number of fused-ring (bicyclic) bond motifs is 2. The molecule has 46 heavy (non-hydrogen) atoms. The lowest BCUT2D eigenvalue weighted by Crippen LogP contribution is -2.26. The van der Waals surface area contributed by atoms with E-state index in [1.54, 1.807) is 0 Å². The van der Waals surface area contributed by atoms with Gasteiger partial charge in [-0.25, -0.2) is 9.59 Å². The minimum Gasteiger partial charge on any atom is -0.495 e. The first-order valence-electron chi connectivity index (χ1n) is 14.4. The molecule has 0 fully saturated rings. The molecule has 0 saturated heterocycles. The van der Waals surface area contributed by atoms with Crippen molar-refractivity contribution in [1.82, 2.24) is 0 Å². The molecule has 2 aliphatic carbocycles. The quantitative estimate of drug-likeness (QED) is 0.245. The van der Waals surface area contributed by atoms with Crippen LogP contribution in [0.1, 0.15) is 92.1 Å². The third-order valence-electron chi connectivity index (χ3n) is 7.87. The van der Waals surface area contributed by atoms with Crippen molar-refractivity contribution >= 4 is 47.2 Å². The SMILES string of the molecule is CCCC1=Cc2c(c(OC)c(C(=O)OC)c(OC)c2-c2c3c(c(OC)c(C(=O)OC)c2OC)C(=O)C(=O)C(CCC)=C3)C(=O)C1=O. The Morgan fingerprint density at radius 3 is 1.07 bits per heavy atom. The lowest BCUT2D eigenvalue weighted by Gasteiger charge is -2.29. The number of carbonyl (C=O) groups excluding carboxylic acids is 6. The van der Waals surface area contributed by atoms with Gasteiger partial charge in [-0.2, -0.15) is 0 Å². The highest BCUT2D eigenvalue weighted by atomic mass is 16.5. The maximum absolute atomic E-state index is 13.8. The Morgan fingerprint density at radius 1 is 0.500 bits per heavy atom. The largest absolute Gasteiger partial charge is 0.495 e. The van der Waals surface area contributed by atoms with Crippen LogP contribution in [0.2, 0.25) is 0 Å². The van der Waals surface area contributed by atoms with E-state index in [1.165, 1.54) is 40.6 Å². The maximum atomic E-state index is 13.8. The molecule has 12 heteroatoms. The zero-order valence-electron chi connectivity index (χ0n) is 26.9. The fourth-order valence-corrected chi connectivity index (χ4v) is 5.98. The first kappa shape index (κ1) is 33.6. The number of Topliss-reactive ketones (excluding diaryl/α,β-unsaturated/α-hetero) is 4. The highest BCUT2D eigenvalue weighted by molar-refractivity contribution is 6.54. The molecule has 0 spiro atoms. The molecule has 0 saturated carbocycles. The maximum Gasteiger partial charge on any atom is 0.345 e. The van der Waals surface area contributed by atoms with E-state index in [2.05, 4.69) is 0 Å². The van der Waals surface area contributed by atoms with Crippen LogP contribution in [0, 0.1) is 0 Å². The van der Waals surface area contributed by atoms with E-state index in [9.17, 15) is 28.8 Å². The first-order valence-corrected chi connectivity index (χ1v) is 14.4. The minimum atomic E-state index is -0.968. The molecule has 4 rings (SSSR count). The molecule has 0 bridgehead atoms. The number of hydrogen-bond donors (Lipinski definition) is 0. The topological polar surface area (TPSA) is 158 Å². The smallest absolute Gasteiger partial charge is 0.345 e. The summed E-state index contributed by atoms with van der Waals surface area (Å²) in [6, 6.07) is 0. The molecule has 2 aliphatic rings. The minimum absolute atomic E-state index is 0.00306. The number of ether oxygens (including phenoxy) is 6. The van der Waals surface area contributed by atoms with Gasteiger partial charge in [0, 0.05) is 33.4 Å². The predicted octanol–water partition coefficient (Wildman–Crippen LogP) is 4.86. The molecule has 0 aliphatic heterocycles. The van der Waals surface area contributed by atoms with Gasteiger partial charge in [-0.05, 0) is 25.0 Å². The van der Waals surface area contributed by atoms with Gasteiger partial charge in [-0.3, -0.25) is 19.2 Å². The Balaban J connectivity index is 2.46. The van der Waals surface area contributed by atoms with Crippen molar-refractivity contribution in [3.8, 4) is 34.1 Å². The summed E-state index contributed by atoms with van der Waals surface area (Å²) in [5, 5.41) is 0. The Kier molecular flexibility index (Phi) is 9.79. The van der Waals surface area contributed by atoms with E-state index in [1.807, 2.05) is 13.8 Å². The highest BCUT2D eigenvalue weighted by Crippen LogP contribution is 2.55. The van der Waals surface area contributed by atoms with Crippen LogP contribution in [0.5, 0.6) is 23.0 Å². The summed E-state index contributed by atoms with van der Waals surface area (Å²) >= 11 is 0. The number of carbonyl (C=O) groups is 6. The van der Waals surface area contributed by atoms with Crippen molar-refractivity contribution < 1.29 is 57.2 Å². The molecule has 242 valence electrons. The Labute approximate surface area is 265 Å². The number of rotatable bonds is 11. The third-order valence-corrected chi connectivity index (χ3v) is 7.87. The van der Waals surface area contributed by atoms with E-state index < -0.39 is 35.1 Å². The Morgan fingerprint density at radius 2 is 0.804 bits per heavy atom. The Hall–Kier alpha value is -5.26. The fraction of sp³-hybridized carbons (Fsp3) is 0.353. The number of allylic oxidation sites excluding steroid dienone is 2. The lowest BCUT2D eigenvalue weighted by atomic mass is 9.77. The van der Waals surface area contributed by atoms with Crippen LogP contribution in [0.15, 0.2) is 11.1 Å². The van der Waals surface area contributed by atoms with Gasteiger partial charge in [0.1, 0.15) is 34.1 Å². The molecule has 0 aromatic heterocycles. The molecule has 0 radical (unpaired) electrons. The van der Waals surface area contributed by atoms with Gasteiger partial charge >= 0.3 is 11.9 Å². The summed E-state index contributed by atoms with van der Waals surface area (Å²) in [4.78, 5) is 81.0. The number of methoxy groups -OCH3 is 6. The molecule has 0 amide bonds. The predicted molar refractivity (Wildman–Crippen MR) is 165 cm³/mol. The normalized spacial score (nSPS) is 13.7. The van der Waals surface area contributed by atoms with E-state index in [0.717, 1.165) is 14.2 Å². The molecule has 0 unspecified atom stereocenters. The van der Waals surface area contributed by atoms with Crippen LogP contribution >= 0.6 is 0 Å². The van der Waals surface area contributed by atoms with Gasteiger partial charge in [-0.15, -0.1) is 0 Å². The highest BCUT2D eigenvalue weighted by Gasteiger charge is 2.43. The molecule has 2 aromatic rings. The van der Waals surface area contributed by atoms with Gasteiger partial charge in [0.15, 0.2) is 0 Å². The number of ketones is 4. The first-order chi connectivity index (χ1) is 22.0. The van der Waals surface area contributed by atoms with E-state index in [0.29, 0.717) is 12.8 Å². The average Bonchev–Trinajstić information content (AvgIpc) is 3.06. The molecule has 0 atom stereocenters. The zero-order valence-corrected chi connectivity index (χ0v) is 26.9. The van der Waals surface area contributed by atoms with Crippen molar-refractivity contribution in [1.29, 1.82) is 0 Å². The van der Waals surface area contributed by atoms with Crippen molar-refractivity contribution in [2.45, 2.75) is 39.5 Å². The summed E-state index contributed by atoms with van der Waals surface area (Å²) in [5.41, 5.74) is -0.619. The van der Waals surface area contributed by atoms with E-state index >= 15 is 0 Å². The van der Waals surface area contributed by atoms with Gasteiger partial charge in [0.25, 0.3) is 0 Å². The van der Waals surface area contributed by atoms with Crippen molar-refractivity contribution in [3.63, 3.8) is 0 Å². The second-order valence-corrected chi connectivity index (χ2v) is 10.3. The average molecular weight is 635 g/mol.